The number of fused-ring (bicyclic) bond motifs is 1. The summed E-state index contributed by atoms with van der Waals surface area (Å²) in [6.07, 6.45) is 1.33. The van der Waals surface area contributed by atoms with E-state index in [0.717, 1.165) is 5.56 Å². The van der Waals surface area contributed by atoms with Gasteiger partial charge >= 0.3 is 0 Å². The van der Waals surface area contributed by atoms with E-state index in [2.05, 4.69) is 0 Å². The van der Waals surface area contributed by atoms with Crippen molar-refractivity contribution in [2.45, 2.75) is 6.61 Å². The highest BCUT2D eigenvalue weighted by atomic mass is 19.1. The molecule has 0 radical (unpaired) electrons. The third-order valence-electron chi connectivity index (χ3n) is 3.47. The maximum atomic E-state index is 12.8. The van der Waals surface area contributed by atoms with E-state index in [9.17, 15) is 14.0 Å². The highest BCUT2D eigenvalue weighted by Gasteiger charge is 2.24. The number of rotatable bonds is 4. The van der Waals surface area contributed by atoms with Crippen LogP contribution in [0.5, 0.6) is 0 Å². The molecule has 2 aromatic carbocycles. The van der Waals surface area contributed by atoms with Gasteiger partial charge in [-0.3, -0.25) is 9.59 Å². The van der Waals surface area contributed by atoms with Crippen molar-refractivity contribution in [3.63, 3.8) is 0 Å². The van der Waals surface area contributed by atoms with Crippen LogP contribution in [0.2, 0.25) is 0 Å². The van der Waals surface area contributed by atoms with E-state index in [0.29, 0.717) is 16.7 Å². The number of Topliss-reactive ketones (excluding diaryl/α,β-unsaturated/α-hetero) is 1. The van der Waals surface area contributed by atoms with E-state index in [4.69, 9.17) is 4.74 Å². The van der Waals surface area contributed by atoms with E-state index in [1.165, 1.54) is 18.2 Å². The monoisotopic (exact) mass is 296 g/mol. The lowest BCUT2D eigenvalue weighted by molar-refractivity contribution is 0.0933. The van der Waals surface area contributed by atoms with Gasteiger partial charge in [-0.05, 0) is 23.8 Å². The summed E-state index contributed by atoms with van der Waals surface area (Å²) in [6, 6.07) is 12.7. The largest absolute Gasteiger partial charge is 0.372 e. The number of halogens is 1. The number of ketones is 2. The van der Waals surface area contributed by atoms with Crippen LogP contribution < -0.4 is 0 Å². The van der Waals surface area contributed by atoms with E-state index < -0.39 is 0 Å². The third-order valence-corrected chi connectivity index (χ3v) is 3.47. The first-order chi connectivity index (χ1) is 10.6. The van der Waals surface area contributed by atoms with Gasteiger partial charge in [0, 0.05) is 16.7 Å². The molecule has 0 fully saturated rings. The van der Waals surface area contributed by atoms with Crippen molar-refractivity contribution in [3.05, 3.63) is 82.7 Å². The molecule has 0 aromatic heterocycles. The fourth-order valence-corrected chi connectivity index (χ4v) is 2.34. The van der Waals surface area contributed by atoms with Gasteiger partial charge in [-0.15, -0.1) is 0 Å². The number of carbonyl (C=O) groups excluding carboxylic acids is 2. The smallest absolute Gasteiger partial charge is 0.192 e. The summed E-state index contributed by atoms with van der Waals surface area (Å²) < 4.78 is 18.3. The van der Waals surface area contributed by atoms with Gasteiger partial charge < -0.3 is 4.74 Å². The molecule has 0 saturated heterocycles. The predicted octanol–water partition coefficient (Wildman–Crippen LogP) is 3.35. The lowest BCUT2D eigenvalue weighted by Crippen LogP contribution is -2.19. The molecule has 0 amide bonds. The average Bonchev–Trinajstić information content (AvgIpc) is 2.54. The Morgan fingerprint density at radius 3 is 2.27 bits per heavy atom. The van der Waals surface area contributed by atoms with E-state index in [1.54, 1.807) is 36.4 Å². The Kier molecular flexibility index (Phi) is 3.94. The summed E-state index contributed by atoms with van der Waals surface area (Å²) in [5.41, 5.74) is 1.98. The maximum absolute atomic E-state index is 12.8. The molecule has 0 N–H and O–H groups in total. The minimum absolute atomic E-state index is 0.0519. The first-order valence-corrected chi connectivity index (χ1v) is 6.86. The standard InChI is InChI=1S/C18H13FO3/c19-14-7-5-12(6-8-14)10-22-11-13-9-17(20)15-3-1-2-4-16(15)18(13)21/h1-9H,10-11H2. The van der Waals surface area contributed by atoms with Gasteiger partial charge in [-0.25, -0.2) is 4.39 Å². The molecule has 0 unspecified atom stereocenters. The van der Waals surface area contributed by atoms with Crippen LogP contribution in [0.25, 0.3) is 0 Å². The number of benzene rings is 2. The molecule has 0 spiro atoms. The van der Waals surface area contributed by atoms with Gasteiger partial charge in [0.2, 0.25) is 0 Å². The van der Waals surface area contributed by atoms with Gasteiger partial charge in [0.25, 0.3) is 0 Å². The molecule has 1 aliphatic carbocycles. The molecular weight excluding hydrogens is 283 g/mol. The molecule has 0 heterocycles. The second kappa shape index (κ2) is 6.03. The van der Waals surface area contributed by atoms with E-state index in [1.807, 2.05) is 0 Å². The van der Waals surface area contributed by atoms with Gasteiger partial charge in [0.15, 0.2) is 11.6 Å². The maximum Gasteiger partial charge on any atom is 0.192 e. The normalized spacial score (nSPS) is 13.8. The summed E-state index contributed by atoms with van der Waals surface area (Å²) in [5, 5.41) is 0. The topological polar surface area (TPSA) is 43.4 Å². The average molecular weight is 296 g/mol. The Hall–Kier alpha value is -2.59. The van der Waals surface area contributed by atoms with Crippen LogP contribution >= 0.6 is 0 Å². The summed E-state index contributed by atoms with van der Waals surface area (Å²) in [5.74, 6) is -0.680. The van der Waals surface area contributed by atoms with Crippen LogP contribution in [-0.2, 0) is 11.3 Å². The zero-order chi connectivity index (χ0) is 15.5. The summed E-state index contributed by atoms with van der Waals surface area (Å²) >= 11 is 0. The number of hydrogen-bond donors (Lipinski definition) is 0. The minimum Gasteiger partial charge on any atom is -0.372 e. The summed E-state index contributed by atoms with van der Waals surface area (Å²) in [6.45, 7) is 0.303. The molecule has 3 rings (SSSR count). The third kappa shape index (κ3) is 2.87. The predicted molar refractivity (Wildman–Crippen MR) is 79.2 cm³/mol. The fourth-order valence-electron chi connectivity index (χ4n) is 2.34. The van der Waals surface area contributed by atoms with Gasteiger partial charge in [0.05, 0.1) is 13.2 Å². The second-order valence-corrected chi connectivity index (χ2v) is 5.03. The Balaban J connectivity index is 1.67. The number of allylic oxidation sites excluding steroid dienone is 1. The van der Waals surface area contributed by atoms with Crippen molar-refractivity contribution < 1.29 is 18.7 Å². The highest BCUT2D eigenvalue weighted by molar-refractivity contribution is 6.24. The van der Waals surface area contributed by atoms with Gasteiger partial charge in [-0.1, -0.05) is 36.4 Å². The quantitative estimate of drug-likeness (QED) is 0.869. The van der Waals surface area contributed by atoms with Crippen molar-refractivity contribution in [2.75, 3.05) is 6.61 Å². The van der Waals surface area contributed by atoms with Crippen LogP contribution in [0.3, 0.4) is 0 Å². The number of ether oxygens (including phenoxy) is 1. The van der Waals surface area contributed by atoms with Crippen molar-refractivity contribution in [2.24, 2.45) is 0 Å². The molecule has 0 atom stereocenters. The summed E-state index contributed by atoms with van der Waals surface area (Å²) in [7, 11) is 0. The van der Waals surface area contributed by atoms with Crippen molar-refractivity contribution in [3.8, 4) is 0 Å². The van der Waals surface area contributed by atoms with Crippen LogP contribution in [0.4, 0.5) is 4.39 Å². The highest BCUT2D eigenvalue weighted by Crippen LogP contribution is 2.21. The minimum atomic E-state index is -0.309. The SMILES string of the molecule is O=C1C=C(COCc2ccc(F)cc2)C(=O)c2ccccc21. The van der Waals surface area contributed by atoms with Crippen LogP contribution in [0.15, 0.2) is 60.2 Å². The molecule has 22 heavy (non-hydrogen) atoms. The summed E-state index contributed by atoms with van der Waals surface area (Å²) in [4.78, 5) is 24.3. The zero-order valence-corrected chi connectivity index (χ0v) is 11.7. The molecule has 110 valence electrons. The van der Waals surface area contributed by atoms with Crippen LogP contribution in [0.1, 0.15) is 26.3 Å². The number of carbonyl (C=O) groups is 2. The van der Waals surface area contributed by atoms with E-state index in [-0.39, 0.29) is 30.6 Å². The van der Waals surface area contributed by atoms with Crippen molar-refractivity contribution in [1.82, 2.24) is 0 Å². The fraction of sp³-hybridized carbons (Fsp3) is 0.111. The zero-order valence-electron chi connectivity index (χ0n) is 11.7. The van der Waals surface area contributed by atoms with Crippen molar-refractivity contribution >= 4 is 11.6 Å². The second-order valence-electron chi connectivity index (χ2n) is 5.03. The van der Waals surface area contributed by atoms with E-state index >= 15 is 0 Å². The first-order valence-electron chi connectivity index (χ1n) is 6.86. The molecule has 1 aliphatic rings. The molecular formula is C18H13FO3. The lowest BCUT2D eigenvalue weighted by Gasteiger charge is -2.15. The Morgan fingerprint density at radius 1 is 0.864 bits per heavy atom. The molecule has 0 saturated carbocycles. The molecule has 0 bridgehead atoms. The number of hydrogen-bond acceptors (Lipinski definition) is 3. The van der Waals surface area contributed by atoms with Crippen LogP contribution in [0, 0.1) is 5.82 Å². The molecule has 0 aliphatic heterocycles. The Labute approximate surface area is 127 Å². The van der Waals surface area contributed by atoms with Crippen LogP contribution in [-0.4, -0.2) is 18.2 Å². The molecule has 2 aromatic rings. The molecule has 4 heteroatoms. The Bertz CT molecular complexity index is 760. The van der Waals surface area contributed by atoms with Gasteiger partial charge in [0.1, 0.15) is 5.82 Å². The lowest BCUT2D eigenvalue weighted by atomic mass is 9.90. The Morgan fingerprint density at radius 2 is 1.55 bits per heavy atom. The molecule has 3 nitrogen and oxygen atoms in total. The first kappa shape index (κ1) is 14.4. The van der Waals surface area contributed by atoms with Gasteiger partial charge in [-0.2, -0.15) is 0 Å². The van der Waals surface area contributed by atoms with Crippen molar-refractivity contribution in [1.29, 1.82) is 0 Å².